The Bertz CT molecular complexity index is 977. The van der Waals surface area contributed by atoms with Gasteiger partial charge in [0.2, 0.25) is 0 Å². The molecule has 7 nitrogen and oxygen atoms in total. The third-order valence-electron chi connectivity index (χ3n) is 8.22. The maximum Gasteiger partial charge on any atom is 0.186 e. The van der Waals surface area contributed by atoms with Crippen molar-refractivity contribution >= 4 is 17.3 Å². The van der Waals surface area contributed by atoms with Crippen molar-refractivity contribution in [2.45, 2.75) is 177 Å². The minimum absolute atomic E-state index is 0.0294. The number of Topliss-reactive ketones (excluding diaryl/α,β-unsaturated/α-hetero) is 2. The van der Waals surface area contributed by atoms with Crippen LogP contribution >= 0.6 is 0 Å². The zero-order chi connectivity index (χ0) is 34.0. The number of ether oxygens (including phenoxy) is 4. The molecule has 0 saturated heterocycles. The van der Waals surface area contributed by atoms with Crippen LogP contribution in [-0.2, 0) is 33.3 Å². The number of carbonyl (C=O) groups excluding carboxylic acids is 3. The summed E-state index contributed by atoms with van der Waals surface area (Å²) in [6, 6.07) is 0. The lowest BCUT2D eigenvalue weighted by atomic mass is 9.70. The van der Waals surface area contributed by atoms with Crippen molar-refractivity contribution in [1.82, 2.24) is 0 Å². The minimum Gasteiger partial charge on any atom is -0.376 e. The summed E-state index contributed by atoms with van der Waals surface area (Å²) in [5.74, 6) is -0.509. The minimum atomic E-state index is -1.18. The predicted molar refractivity (Wildman–Crippen MR) is 171 cm³/mol. The van der Waals surface area contributed by atoms with E-state index in [4.69, 9.17) is 18.9 Å². The van der Waals surface area contributed by atoms with Gasteiger partial charge >= 0.3 is 0 Å². The van der Waals surface area contributed by atoms with Crippen LogP contribution in [0.1, 0.15) is 137 Å². The molecule has 0 N–H and O–H groups in total. The smallest absolute Gasteiger partial charge is 0.186 e. The van der Waals surface area contributed by atoms with Crippen LogP contribution in [0.25, 0.3) is 0 Å². The summed E-state index contributed by atoms with van der Waals surface area (Å²) in [5.41, 5.74) is -6.71. The van der Waals surface area contributed by atoms with Crippen LogP contribution in [0.2, 0.25) is 0 Å². The standard InChI is InChI=1S/C35H64O7/c1-20-25(36)33(14,15)40-24(3)26(37)32(12,13)35(18,19)42-30(8,9)22-28(4,5)27(38)34(16,17)41-31(10,11)23-29(6,7)39-21-2/h20,24H,1,21-23H2,2-19H3. The third kappa shape index (κ3) is 10.9. The van der Waals surface area contributed by atoms with Crippen LogP contribution in [0.5, 0.6) is 0 Å². The van der Waals surface area contributed by atoms with E-state index in [1.807, 2.05) is 104 Å². The average Bonchev–Trinajstić information content (AvgIpc) is 2.73. The molecule has 0 aromatic rings. The monoisotopic (exact) mass is 596 g/mol. The van der Waals surface area contributed by atoms with Crippen LogP contribution < -0.4 is 0 Å². The number of rotatable bonds is 19. The Balaban J connectivity index is 5.86. The molecule has 0 aliphatic heterocycles. The fourth-order valence-corrected chi connectivity index (χ4v) is 6.66. The Hall–Kier alpha value is -1.41. The first kappa shape index (κ1) is 40.6. The highest BCUT2D eigenvalue weighted by molar-refractivity contribution is 5.96. The van der Waals surface area contributed by atoms with Gasteiger partial charge in [-0.15, -0.1) is 0 Å². The molecular formula is C35H64O7. The fraction of sp³-hybridized carbons (Fsp3) is 0.857. The lowest BCUT2D eigenvalue weighted by Gasteiger charge is -2.48. The van der Waals surface area contributed by atoms with Crippen LogP contribution in [0.4, 0.5) is 0 Å². The van der Waals surface area contributed by atoms with E-state index in [2.05, 4.69) is 6.58 Å². The van der Waals surface area contributed by atoms with Crippen molar-refractivity contribution in [2.24, 2.45) is 10.8 Å². The Labute approximate surface area is 257 Å². The molecule has 0 aliphatic rings. The van der Waals surface area contributed by atoms with E-state index in [9.17, 15) is 14.4 Å². The van der Waals surface area contributed by atoms with Crippen LogP contribution in [0.3, 0.4) is 0 Å². The molecule has 0 rings (SSSR count). The zero-order valence-corrected chi connectivity index (χ0v) is 30.3. The van der Waals surface area contributed by atoms with Crippen molar-refractivity contribution in [3.63, 3.8) is 0 Å². The fourth-order valence-electron chi connectivity index (χ4n) is 6.66. The third-order valence-corrected chi connectivity index (χ3v) is 8.22. The summed E-state index contributed by atoms with van der Waals surface area (Å²) in [4.78, 5) is 39.9. The van der Waals surface area contributed by atoms with Crippen molar-refractivity contribution in [1.29, 1.82) is 0 Å². The first-order valence-corrected chi connectivity index (χ1v) is 15.3. The Morgan fingerprint density at radius 2 is 1.14 bits per heavy atom. The molecule has 0 spiro atoms. The van der Waals surface area contributed by atoms with Gasteiger partial charge in [0.05, 0.1) is 27.8 Å². The van der Waals surface area contributed by atoms with Crippen LogP contribution in [0, 0.1) is 10.8 Å². The lowest BCUT2D eigenvalue weighted by Crippen LogP contribution is -2.56. The van der Waals surface area contributed by atoms with Crippen molar-refractivity contribution in [2.75, 3.05) is 6.61 Å². The molecule has 0 fully saturated rings. The second-order valence-electron chi connectivity index (χ2n) is 16.3. The summed E-state index contributed by atoms with van der Waals surface area (Å²) in [6.07, 6.45) is 1.38. The van der Waals surface area contributed by atoms with Crippen molar-refractivity contribution < 1.29 is 33.3 Å². The number of hydrogen-bond donors (Lipinski definition) is 0. The van der Waals surface area contributed by atoms with Gasteiger partial charge in [-0.25, -0.2) is 0 Å². The molecule has 0 saturated carbocycles. The molecule has 0 heterocycles. The van der Waals surface area contributed by atoms with Gasteiger partial charge in [0, 0.05) is 18.4 Å². The maximum absolute atomic E-state index is 14.0. The largest absolute Gasteiger partial charge is 0.376 e. The normalized spacial score (nSPS) is 15.4. The first-order chi connectivity index (χ1) is 18.3. The second kappa shape index (κ2) is 13.3. The number of hydrogen-bond acceptors (Lipinski definition) is 7. The molecule has 0 bridgehead atoms. The quantitative estimate of drug-likeness (QED) is 0.140. The highest BCUT2D eigenvalue weighted by atomic mass is 16.5. The number of carbonyl (C=O) groups is 3. The Morgan fingerprint density at radius 1 is 0.690 bits per heavy atom. The molecule has 42 heavy (non-hydrogen) atoms. The molecule has 7 heteroatoms. The summed E-state index contributed by atoms with van der Waals surface area (Å²) < 4.78 is 25.0. The van der Waals surface area contributed by atoms with Gasteiger partial charge in [-0.2, -0.15) is 0 Å². The van der Waals surface area contributed by atoms with Gasteiger partial charge < -0.3 is 18.9 Å². The highest BCUT2D eigenvalue weighted by Crippen LogP contribution is 2.44. The van der Waals surface area contributed by atoms with Gasteiger partial charge in [-0.05, 0) is 109 Å². The molecule has 0 aromatic heterocycles. The summed E-state index contributed by atoms with van der Waals surface area (Å²) in [6.45, 7) is 37.8. The van der Waals surface area contributed by atoms with E-state index >= 15 is 0 Å². The molecule has 246 valence electrons. The molecule has 0 aromatic carbocycles. The zero-order valence-electron chi connectivity index (χ0n) is 30.3. The predicted octanol–water partition coefficient (Wildman–Crippen LogP) is 7.86. The van der Waals surface area contributed by atoms with E-state index in [0.29, 0.717) is 19.4 Å². The maximum atomic E-state index is 14.0. The molecule has 0 radical (unpaired) electrons. The van der Waals surface area contributed by atoms with E-state index in [-0.39, 0.29) is 17.3 Å². The molecular weight excluding hydrogens is 532 g/mol. The second-order valence-corrected chi connectivity index (χ2v) is 16.3. The van der Waals surface area contributed by atoms with E-state index in [1.165, 1.54) is 6.08 Å². The summed E-state index contributed by atoms with van der Waals surface area (Å²) in [5, 5.41) is 0. The SMILES string of the molecule is C=CC(=O)C(C)(C)OC(C)C(=O)C(C)(C)C(C)(C)OC(C)(C)CC(C)(C)C(=O)C(C)(C)OC(C)(C)CC(C)(C)OCC. The van der Waals surface area contributed by atoms with Gasteiger partial charge in [-0.1, -0.05) is 34.3 Å². The van der Waals surface area contributed by atoms with Crippen molar-refractivity contribution in [3.05, 3.63) is 12.7 Å². The van der Waals surface area contributed by atoms with Gasteiger partial charge in [0.15, 0.2) is 17.3 Å². The highest BCUT2D eigenvalue weighted by Gasteiger charge is 2.51. The van der Waals surface area contributed by atoms with Gasteiger partial charge in [0.1, 0.15) is 17.3 Å². The topological polar surface area (TPSA) is 88.1 Å². The molecule has 1 atom stereocenters. The van der Waals surface area contributed by atoms with Crippen LogP contribution in [0.15, 0.2) is 12.7 Å². The lowest BCUT2D eigenvalue weighted by molar-refractivity contribution is -0.201. The molecule has 0 amide bonds. The molecule has 0 aliphatic carbocycles. The Kier molecular flexibility index (Phi) is 12.8. The van der Waals surface area contributed by atoms with E-state index < -0.39 is 50.5 Å². The van der Waals surface area contributed by atoms with E-state index in [0.717, 1.165) is 0 Å². The van der Waals surface area contributed by atoms with Gasteiger partial charge in [-0.3, -0.25) is 14.4 Å². The van der Waals surface area contributed by atoms with Gasteiger partial charge in [0.25, 0.3) is 0 Å². The summed E-state index contributed by atoms with van der Waals surface area (Å²) in [7, 11) is 0. The van der Waals surface area contributed by atoms with Crippen LogP contribution in [-0.4, -0.2) is 63.7 Å². The van der Waals surface area contributed by atoms with E-state index in [1.54, 1.807) is 20.8 Å². The number of ketones is 3. The Morgan fingerprint density at radius 3 is 1.57 bits per heavy atom. The average molecular weight is 597 g/mol. The summed E-state index contributed by atoms with van der Waals surface area (Å²) >= 11 is 0. The van der Waals surface area contributed by atoms with Crippen molar-refractivity contribution in [3.8, 4) is 0 Å². The first-order valence-electron chi connectivity index (χ1n) is 15.3. The molecule has 1 unspecified atom stereocenters.